The summed E-state index contributed by atoms with van der Waals surface area (Å²) in [5, 5.41) is 11.6. The predicted octanol–water partition coefficient (Wildman–Crippen LogP) is 2.74. The van der Waals surface area contributed by atoms with Crippen LogP contribution in [-0.4, -0.2) is 34.9 Å². The summed E-state index contributed by atoms with van der Waals surface area (Å²) in [6.45, 7) is 5.88. The van der Waals surface area contributed by atoms with Gasteiger partial charge in [-0.1, -0.05) is 32.9 Å². The summed E-state index contributed by atoms with van der Waals surface area (Å²) < 4.78 is 5.20. The van der Waals surface area contributed by atoms with Gasteiger partial charge in [-0.25, -0.2) is 4.79 Å². The number of carbonyl (C=O) groups is 3. The second kappa shape index (κ2) is 7.27. The first-order valence-electron chi connectivity index (χ1n) is 9.43. The molecule has 1 saturated heterocycles. The lowest BCUT2D eigenvalue weighted by Gasteiger charge is -2.43. The van der Waals surface area contributed by atoms with E-state index in [0.717, 1.165) is 16.9 Å². The van der Waals surface area contributed by atoms with Crippen molar-refractivity contribution in [2.45, 2.75) is 52.2 Å². The summed E-state index contributed by atoms with van der Waals surface area (Å²) in [5.74, 6) is -0.684. The number of esters is 1. The minimum atomic E-state index is -0.925. The average molecular weight is 383 g/mol. The Labute approximate surface area is 164 Å². The van der Waals surface area contributed by atoms with Gasteiger partial charge in [-0.2, -0.15) is 5.26 Å². The zero-order chi connectivity index (χ0) is 20.5. The number of nitriles is 1. The van der Waals surface area contributed by atoms with Crippen molar-refractivity contribution >= 4 is 17.9 Å². The number of nitrogens with zero attached hydrogens (tertiary/aromatic N) is 2. The summed E-state index contributed by atoms with van der Waals surface area (Å²) in [6.07, 6.45) is 2.13. The number of nitrogens with one attached hydrogen (secondary N) is 1. The number of rotatable bonds is 4. The molecule has 2 aliphatic rings. The Bertz CT molecular complexity index is 840. The summed E-state index contributed by atoms with van der Waals surface area (Å²) in [7, 11) is 0. The lowest BCUT2D eigenvalue weighted by molar-refractivity contribution is -0.149. The van der Waals surface area contributed by atoms with Gasteiger partial charge in [0.15, 0.2) is 0 Å². The van der Waals surface area contributed by atoms with Crippen LogP contribution in [0.2, 0.25) is 0 Å². The molecule has 1 saturated carbocycles. The number of amides is 3. The zero-order valence-electron chi connectivity index (χ0n) is 16.4. The topological polar surface area (TPSA) is 99.5 Å². The van der Waals surface area contributed by atoms with Crippen LogP contribution >= 0.6 is 0 Å². The fourth-order valence-electron chi connectivity index (χ4n) is 4.66. The molecule has 1 N–H and O–H groups in total. The van der Waals surface area contributed by atoms with E-state index in [1.807, 2.05) is 6.07 Å². The zero-order valence-corrected chi connectivity index (χ0v) is 16.4. The van der Waals surface area contributed by atoms with E-state index in [9.17, 15) is 14.4 Å². The molecule has 7 nitrogen and oxygen atoms in total. The highest BCUT2D eigenvalue weighted by molar-refractivity contribution is 6.08. The fourth-order valence-corrected chi connectivity index (χ4v) is 4.66. The summed E-state index contributed by atoms with van der Waals surface area (Å²) in [4.78, 5) is 38.6. The molecule has 1 spiro atoms. The van der Waals surface area contributed by atoms with Crippen molar-refractivity contribution < 1.29 is 19.1 Å². The predicted molar refractivity (Wildman–Crippen MR) is 101 cm³/mol. The van der Waals surface area contributed by atoms with E-state index in [4.69, 9.17) is 10.00 Å². The van der Waals surface area contributed by atoms with Crippen molar-refractivity contribution in [3.8, 4) is 6.07 Å². The van der Waals surface area contributed by atoms with Crippen molar-refractivity contribution in [2.24, 2.45) is 11.3 Å². The highest BCUT2D eigenvalue weighted by Gasteiger charge is 2.56. The van der Waals surface area contributed by atoms with Gasteiger partial charge in [0.1, 0.15) is 18.7 Å². The van der Waals surface area contributed by atoms with E-state index in [2.05, 4.69) is 26.1 Å². The number of hydrogen-bond donors (Lipinski definition) is 1. The van der Waals surface area contributed by atoms with Crippen LogP contribution in [0.15, 0.2) is 24.3 Å². The van der Waals surface area contributed by atoms with Gasteiger partial charge in [-0.05, 0) is 48.3 Å². The van der Waals surface area contributed by atoms with E-state index in [-0.39, 0.29) is 17.9 Å². The molecule has 0 aromatic heterocycles. The normalized spacial score (nSPS) is 26.1. The lowest BCUT2D eigenvalue weighted by atomic mass is 9.64. The Kier molecular flexibility index (Phi) is 5.16. The number of carbonyl (C=O) groups excluding carboxylic acids is 3. The van der Waals surface area contributed by atoms with E-state index in [1.165, 1.54) is 0 Å². The Hall–Kier alpha value is -2.88. The summed E-state index contributed by atoms with van der Waals surface area (Å²) in [5.41, 5.74) is 0.256. The second-order valence-electron chi connectivity index (χ2n) is 8.73. The Morgan fingerprint density at radius 2 is 1.96 bits per heavy atom. The number of hydrogen-bond acceptors (Lipinski definition) is 5. The Morgan fingerprint density at radius 1 is 1.29 bits per heavy atom. The van der Waals surface area contributed by atoms with Crippen LogP contribution in [0.5, 0.6) is 0 Å². The van der Waals surface area contributed by atoms with Crippen LogP contribution < -0.4 is 5.32 Å². The van der Waals surface area contributed by atoms with Crippen molar-refractivity contribution in [1.29, 1.82) is 5.26 Å². The van der Waals surface area contributed by atoms with Gasteiger partial charge in [0.25, 0.3) is 5.91 Å². The first-order valence-corrected chi connectivity index (χ1v) is 9.43. The van der Waals surface area contributed by atoms with Gasteiger partial charge in [0.2, 0.25) is 0 Å². The summed E-state index contributed by atoms with van der Waals surface area (Å²) >= 11 is 0. The molecule has 28 heavy (non-hydrogen) atoms. The molecule has 1 heterocycles. The first kappa shape index (κ1) is 19.9. The molecular weight excluding hydrogens is 358 g/mol. The third kappa shape index (κ3) is 4.01. The molecule has 3 amide bonds. The molecule has 2 atom stereocenters. The second-order valence-corrected chi connectivity index (χ2v) is 8.73. The first-order chi connectivity index (χ1) is 13.1. The van der Waals surface area contributed by atoms with Gasteiger partial charge in [0.05, 0.1) is 11.6 Å². The lowest BCUT2D eigenvalue weighted by Crippen LogP contribution is -2.54. The molecule has 3 rings (SSSR count). The molecule has 1 aliphatic carbocycles. The van der Waals surface area contributed by atoms with E-state index >= 15 is 0 Å². The van der Waals surface area contributed by atoms with Gasteiger partial charge < -0.3 is 10.1 Å². The number of imide groups is 1. The van der Waals surface area contributed by atoms with Gasteiger partial charge in [-0.3, -0.25) is 14.5 Å². The van der Waals surface area contributed by atoms with Crippen LogP contribution in [0, 0.1) is 22.7 Å². The minimum Gasteiger partial charge on any atom is -0.459 e. The third-order valence-electron chi connectivity index (χ3n) is 5.39. The molecule has 1 aromatic carbocycles. The van der Waals surface area contributed by atoms with Crippen LogP contribution in [0.1, 0.15) is 51.2 Å². The summed E-state index contributed by atoms with van der Waals surface area (Å²) in [6, 6.07) is 8.14. The van der Waals surface area contributed by atoms with Crippen molar-refractivity contribution in [1.82, 2.24) is 10.2 Å². The van der Waals surface area contributed by atoms with Crippen molar-refractivity contribution in [3.05, 3.63) is 35.4 Å². The number of benzene rings is 1. The average Bonchev–Trinajstić information content (AvgIpc) is 2.82. The van der Waals surface area contributed by atoms with Crippen LogP contribution in [0.3, 0.4) is 0 Å². The van der Waals surface area contributed by atoms with E-state index in [0.29, 0.717) is 24.3 Å². The highest BCUT2D eigenvalue weighted by atomic mass is 16.5. The van der Waals surface area contributed by atoms with E-state index < -0.39 is 24.1 Å². The molecule has 1 aliphatic heterocycles. The highest BCUT2D eigenvalue weighted by Crippen LogP contribution is 2.46. The van der Waals surface area contributed by atoms with Gasteiger partial charge in [-0.15, -0.1) is 0 Å². The van der Waals surface area contributed by atoms with Crippen LogP contribution in [0.25, 0.3) is 0 Å². The Balaban J connectivity index is 1.62. The maximum Gasteiger partial charge on any atom is 0.326 e. The maximum absolute atomic E-state index is 13.0. The molecule has 2 fully saturated rings. The molecule has 148 valence electrons. The number of ether oxygens (including phenoxy) is 1. The quantitative estimate of drug-likeness (QED) is 0.637. The molecule has 0 bridgehead atoms. The fraction of sp³-hybridized carbons (Fsp3) is 0.524. The molecule has 7 heteroatoms. The standard InChI is InChI=1S/C21H25N3O4/c1-14-8-20(2,3)13-21(9-14)18(26)24(19(27)23-21)11-17(25)28-12-16-6-4-15(10-22)5-7-16/h4-7,14H,8-9,11-13H2,1-3H3,(H,23,27)/t14-,21-/m1/s1. The SMILES string of the molecule is C[C@@H]1CC(C)(C)C[C@@]2(C1)NC(=O)N(CC(=O)OCc1ccc(C#N)cc1)C2=O. The van der Waals surface area contributed by atoms with Crippen molar-refractivity contribution in [2.75, 3.05) is 6.54 Å². The van der Waals surface area contributed by atoms with E-state index in [1.54, 1.807) is 24.3 Å². The minimum absolute atomic E-state index is 0.0173. The van der Waals surface area contributed by atoms with Gasteiger partial charge >= 0.3 is 12.0 Å². The monoisotopic (exact) mass is 383 g/mol. The maximum atomic E-state index is 13.0. The molecular formula is C21H25N3O4. The third-order valence-corrected chi connectivity index (χ3v) is 5.39. The van der Waals surface area contributed by atoms with Crippen LogP contribution in [0.4, 0.5) is 4.79 Å². The number of urea groups is 1. The van der Waals surface area contributed by atoms with Crippen molar-refractivity contribution in [3.63, 3.8) is 0 Å². The van der Waals surface area contributed by atoms with Gasteiger partial charge in [0, 0.05) is 0 Å². The largest absolute Gasteiger partial charge is 0.459 e. The van der Waals surface area contributed by atoms with Crippen LogP contribution in [-0.2, 0) is 20.9 Å². The smallest absolute Gasteiger partial charge is 0.326 e. The molecule has 1 aromatic rings. The Morgan fingerprint density at radius 3 is 2.57 bits per heavy atom. The molecule has 0 radical (unpaired) electrons. The molecule has 0 unspecified atom stereocenters.